The van der Waals surface area contributed by atoms with Crippen LogP contribution in [-0.4, -0.2) is 26.5 Å². The van der Waals surface area contributed by atoms with Gasteiger partial charge < -0.3 is 10.4 Å². The standard InChI is InChI=1S/C15H18N4OS/c1-10-11(2)18-19(4-5-20)15(10)17-9-12-7-14-13(16-8-12)3-6-21-14/h3,6-8,17,20H,4-5,9H2,1-2H3. The molecule has 0 bridgehead atoms. The van der Waals surface area contributed by atoms with Gasteiger partial charge in [-0.3, -0.25) is 4.98 Å². The van der Waals surface area contributed by atoms with Gasteiger partial charge >= 0.3 is 0 Å². The Balaban J connectivity index is 1.80. The first kappa shape index (κ1) is 14.0. The molecule has 3 aromatic rings. The monoisotopic (exact) mass is 302 g/mol. The molecule has 3 aromatic heterocycles. The number of thiophene rings is 1. The molecular weight excluding hydrogens is 284 g/mol. The van der Waals surface area contributed by atoms with E-state index in [1.807, 2.05) is 30.8 Å². The molecule has 0 radical (unpaired) electrons. The summed E-state index contributed by atoms with van der Waals surface area (Å²) in [7, 11) is 0. The van der Waals surface area contributed by atoms with Crippen LogP contribution in [0.25, 0.3) is 10.2 Å². The van der Waals surface area contributed by atoms with Crippen molar-refractivity contribution in [2.45, 2.75) is 26.9 Å². The van der Waals surface area contributed by atoms with Gasteiger partial charge in [0.05, 0.1) is 29.1 Å². The zero-order chi connectivity index (χ0) is 14.8. The fourth-order valence-electron chi connectivity index (χ4n) is 2.32. The average molecular weight is 302 g/mol. The molecule has 5 nitrogen and oxygen atoms in total. The Morgan fingerprint density at radius 1 is 1.38 bits per heavy atom. The van der Waals surface area contributed by atoms with Gasteiger partial charge in [0.25, 0.3) is 0 Å². The summed E-state index contributed by atoms with van der Waals surface area (Å²) in [6.07, 6.45) is 1.90. The number of aliphatic hydroxyl groups excluding tert-OH is 1. The molecule has 0 aliphatic rings. The number of hydrogen-bond donors (Lipinski definition) is 2. The molecule has 0 saturated carbocycles. The summed E-state index contributed by atoms with van der Waals surface area (Å²) < 4.78 is 3.02. The topological polar surface area (TPSA) is 63.0 Å². The van der Waals surface area contributed by atoms with E-state index in [1.54, 1.807) is 11.3 Å². The molecule has 0 aromatic carbocycles. The molecule has 3 heterocycles. The molecule has 0 unspecified atom stereocenters. The highest BCUT2D eigenvalue weighted by atomic mass is 32.1. The quantitative estimate of drug-likeness (QED) is 0.760. The van der Waals surface area contributed by atoms with E-state index in [1.165, 1.54) is 4.70 Å². The lowest BCUT2D eigenvalue weighted by atomic mass is 10.2. The molecule has 21 heavy (non-hydrogen) atoms. The van der Waals surface area contributed by atoms with E-state index in [0.717, 1.165) is 28.2 Å². The molecule has 6 heteroatoms. The lowest BCUT2D eigenvalue weighted by Gasteiger charge is -2.10. The van der Waals surface area contributed by atoms with Crippen molar-refractivity contribution in [2.24, 2.45) is 0 Å². The third-order valence-corrected chi connectivity index (χ3v) is 4.41. The molecule has 0 spiro atoms. The van der Waals surface area contributed by atoms with Gasteiger partial charge in [-0.05, 0) is 36.9 Å². The maximum atomic E-state index is 9.13. The Kier molecular flexibility index (Phi) is 3.90. The Hall–Kier alpha value is -1.92. The highest BCUT2D eigenvalue weighted by Gasteiger charge is 2.11. The number of pyridine rings is 1. The molecule has 3 rings (SSSR count). The highest BCUT2D eigenvalue weighted by Crippen LogP contribution is 2.22. The third kappa shape index (κ3) is 2.77. The number of aryl methyl sites for hydroxylation is 1. The molecular formula is C15H18N4OS. The first-order chi connectivity index (χ1) is 10.2. The van der Waals surface area contributed by atoms with Crippen molar-refractivity contribution in [2.75, 3.05) is 11.9 Å². The number of rotatable bonds is 5. The average Bonchev–Trinajstić information content (AvgIpc) is 3.03. The van der Waals surface area contributed by atoms with Crippen LogP contribution < -0.4 is 5.32 Å². The van der Waals surface area contributed by atoms with E-state index in [4.69, 9.17) is 5.11 Å². The van der Waals surface area contributed by atoms with Crippen LogP contribution in [0, 0.1) is 13.8 Å². The van der Waals surface area contributed by atoms with Crippen LogP contribution in [0.3, 0.4) is 0 Å². The van der Waals surface area contributed by atoms with Crippen molar-refractivity contribution in [3.8, 4) is 0 Å². The van der Waals surface area contributed by atoms with Crippen LogP contribution in [0.1, 0.15) is 16.8 Å². The maximum absolute atomic E-state index is 9.13. The summed E-state index contributed by atoms with van der Waals surface area (Å²) in [5, 5.41) is 19.0. The lowest BCUT2D eigenvalue weighted by Crippen LogP contribution is -2.11. The second-order valence-corrected chi connectivity index (χ2v) is 5.95. The fourth-order valence-corrected chi connectivity index (χ4v) is 3.13. The normalized spacial score (nSPS) is 11.2. The third-order valence-electron chi connectivity index (χ3n) is 3.56. The van der Waals surface area contributed by atoms with E-state index < -0.39 is 0 Å². The zero-order valence-electron chi connectivity index (χ0n) is 12.1. The van der Waals surface area contributed by atoms with E-state index in [-0.39, 0.29) is 6.61 Å². The summed E-state index contributed by atoms with van der Waals surface area (Å²) in [5.41, 5.74) is 4.28. The fraction of sp³-hybridized carbons (Fsp3) is 0.333. The van der Waals surface area contributed by atoms with E-state index in [0.29, 0.717) is 13.1 Å². The highest BCUT2D eigenvalue weighted by molar-refractivity contribution is 7.17. The molecule has 2 N–H and O–H groups in total. The van der Waals surface area contributed by atoms with Crippen LogP contribution in [0.5, 0.6) is 0 Å². The molecule has 0 aliphatic carbocycles. The van der Waals surface area contributed by atoms with Gasteiger partial charge in [-0.15, -0.1) is 11.3 Å². The molecule has 0 atom stereocenters. The van der Waals surface area contributed by atoms with Gasteiger partial charge in [0, 0.05) is 18.3 Å². The second-order valence-electron chi connectivity index (χ2n) is 5.01. The van der Waals surface area contributed by atoms with Gasteiger partial charge in [-0.25, -0.2) is 4.68 Å². The summed E-state index contributed by atoms with van der Waals surface area (Å²) in [6.45, 7) is 5.29. The van der Waals surface area contributed by atoms with Gasteiger partial charge in [0.1, 0.15) is 5.82 Å². The minimum absolute atomic E-state index is 0.0813. The number of anilines is 1. The SMILES string of the molecule is Cc1nn(CCO)c(NCc2cnc3ccsc3c2)c1C. The molecule has 0 amide bonds. The van der Waals surface area contributed by atoms with E-state index in [9.17, 15) is 0 Å². The largest absolute Gasteiger partial charge is 0.394 e. The lowest BCUT2D eigenvalue weighted by molar-refractivity contribution is 0.270. The maximum Gasteiger partial charge on any atom is 0.127 e. The Morgan fingerprint density at radius 2 is 2.24 bits per heavy atom. The van der Waals surface area contributed by atoms with E-state index in [2.05, 4.69) is 26.8 Å². The summed E-state index contributed by atoms with van der Waals surface area (Å²) in [4.78, 5) is 4.45. The van der Waals surface area contributed by atoms with Crippen molar-refractivity contribution >= 4 is 27.4 Å². The van der Waals surface area contributed by atoms with Crippen molar-refractivity contribution in [3.63, 3.8) is 0 Å². The van der Waals surface area contributed by atoms with Crippen LogP contribution in [-0.2, 0) is 13.1 Å². The number of aliphatic hydroxyl groups is 1. The number of nitrogens with zero attached hydrogens (tertiary/aromatic N) is 3. The second kappa shape index (κ2) is 5.83. The molecule has 0 saturated heterocycles. The van der Waals surface area contributed by atoms with Crippen LogP contribution in [0.15, 0.2) is 23.7 Å². The molecule has 0 aliphatic heterocycles. The predicted octanol–water partition coefficient (Wildman–Crippen LogP) is 2.71. The van der Waals surface area contributed by atoms with Crippen LogP contribution in [0.2, 0.25) is 0 Å². The number of fused-ring (bicyclic) bond motifs is 1. The number of nitrogens with one attached hydrogen (secondary N) is 1. The molecule has 110 valence electrons. The van der Waals surface area contributed by atoms with Gasteiger partial charge in [0.15, 0.2) is 0 Å². The Bertz CT molecular complexity index is 762. The van der Waals surface area contributed by atoms with Crippen molar-refractivity contribution < 1.29 is 5.11 Å². The zero-order valence-corrected chi connectivity index (χ0v) is 12.9. The predicted molar refractivity (Wildman–Crippen MR) is 85.7 cm³/mol. The summed E-state index contributed by atoms with van der Waals surface area (Å²) in [6, 6.07) is 4.19. The van der Waals surface area contributed by atoms with Crippen LogP contribution >= 0.6 is 11.3 Å². The minimum Gasteiger partial charge on any atom is -0.394 e. The van der Waals surface area contributed by atoms with Crippen molar-refractivity contribution in [1.29, 1.82) is 0 Å². The minimum atomic E-state index is 0.0813. The van der Waals surface area contributed by atoms with Crippen LogP contribution in [0.4, 0.5) is 5.82 Å². The van der Waals surface area contributed by atoms with Crippen molar-refractivity contribution in [3.05, 3.63) is 40.5 Å². The summed E-state index contributed by atoms with van der Waals surface area (Å²) >= 11 is 1.70. The Morgan fingerprint density at radius 3 is 3.05 bits per heavy atom. The van der Waals surface area contributed by atoms with Gasteiger partial charge in [0.2, 0.25) is 0 Å². The van der Waals surface area contributed by atoms with Gasteiger partial charge in [-0.2, -0.15) is 5.10 Å². The smallest absolute Gasteiger partial charge is 0.127 e. The van der Waals surface area contributed by atoms with Crippen molar-refractivity contribution in [1.82, 2.24) is 14.8 Å². The molecule has 0 fully saturated rings. The first-order valence-corrected chi connectivity index (χ1v) is 7.78. The number of hydrogen-bond acceptors (Lipinski definition) is 5. The summed E-state index contributed by atoms with van der Waals surface area (Å²) in [5.74, 6) is 0.966. The van der Waals surface area contributed by atoms with E-state index >= 15 is 0 Å². The van der Waals surface area contributed by atoms with Gasteiger partial charge in [-0.1, -0.05) is 0 Å². The first-order valence-electron chi connectivity index (χ1n) is 6.90. The number of aromatic nitrogens is 3. The Labute approximate surface area is 127 Å².